The minimum absolute atomic E-state index is 0.277. The first-order valence-electron chi connectivity index (χ1n) is 9.04. The van der Waals surface area contributed by atoms with Crippen LogP contribution in [0.15, 0.2) is 38.3 Å². The Morgan fingerprint density at radius 3 is 2.79 bits per heavy atom. The van der Waals surface area contributed by atoms with Gasteiger partial charge in [0.25, 0.3) is 11.8 Å². The summed E-state index contributed by atoms with van der Waals surface area (Å²) in [5.41, 5.74) is 5.39. The average Bonchev–Trinajstić information content (AvgIpc) is 3.04. The third kappa shape index (κ3) is 4.34. The van der Waals surface area contributed by atoms with E-state index in [0.717, 1.165) is 35.4 Å². The second-order valence-corrected chi connectivity index (χ2v) is 7.29. The van der Waals surface area contributed by atoms with Crippen LogP contribution in [-0.4, -0.2) is 37.8 Å². The van der Waals surface area contributed by atoms with Crippen molar-refractivity contribution in [1.82, 2.24) is 10.7 Å². The van der Waals surface area contributed by atoms with Gasteiger partial charge >= 0.3 is 0 Å². The van der Waals surface area contributed by atoms with Crippen LogP contribution in [-0.2, 0) is 11.2 Å². The van der Waals surface area contributed by atoms with Gasteiger partial charge in [-0.05, 0) is 47.8 Å². The van der Waals surface area contributed by atoms with E-state index in [-0.39, 0.29) is 17.6 Å². The molecule has 0 saturated carbocycles. The zero-order chi connectivity index (χ0) is 20.1. The minimum atomic E-state index is -0.300. The van der Waals surface area contributed by atoms with E-state index in [1.165, 1.54) is 0 Å². The Bertz CT molecular complexity index is 920. The quantitative estimate of drug-likeness (QED) is 0.525. The van der Waals surface area contributed by atoms with Crippen molar-refractivity contribution in [2.75, 3.05) is 20.3 Å². The molecule has 0 aliphatic heterocycles. The van der Waals surface area contributed by atoms with Crippen LogP contribution >= 0.6 is 15.9 Å². The van der Waals surface area contributed by atoms with Gasteiger partial charge < -0.3 is 14.5 Å². The van der Waals surface area contributed by atoms with Crippen LogP contribution < -0.4 is 10.7 Å². The summed E-state index contributed by atoms with van der Waals surface area (Å²) in [6.07, 6.45) is 2.28. The Balaban J connectivity index is 1.81. The maximum atomic E-state index is 12.4. The van der Waals surface area contributed by atoms with Gasteiger partial charge in [0.15, 0.2) is 5.76 Å². The molecule has 3 rings (SSSR count). The Morgan fingerprint density at radius 2 is 2.04 bits per heavy atom. The first-order valence-corrected chi connectivity index (χ1v) is 9.83. The van der Waals surface area contributed by atoms with Crippen molar-refractivity contribution in [3.63, 3.8) is 0 Å². The molecule has 148 valence electrons. The van der Waals surface area contributed by atoms with Gasteiger partial charge in [0.1, 0.15) is 5.76 Å². The summed E-state index contributed by atoms with van der Waals surface area (Å²) < 4.78 is 11.5. The van der Waals surface area contributed by atoms with Crippen molar-refractivity contribution in [1.29, 1.82) is 0 Å². The maximum Gasteiger partial charge on any atom is 0.287 e. The van der Waals surface area contributed by atoms with E-state index in [4.69, 9.17) is 9.15 Å². The number of fused-ring (bicyclic) bond motifs is 1. The number of hydrazone groups is 1. The number of aryl methyl sites for hydroxylation is 1. The lowest BCUT2D eigenvalue weighted by atomic mass is 9.93. The number of carbonyl (C=O) groups is 2. The standard InChI is InChI=1S/C20H22BrN3O4/c1-12-17-15(23-24-19(25)13-6-3-4-7-14(13)21)8-5-9-16(17)28-18(12)20(26)22-10-11-27-2/h3-4,6-7H,5,8-11H2,1-2H3,(H,22,26)(H,24,25)/b23-15+. The molecular formula is C20H22BrN3O4. The summed E-state index contributed by atoms with van der Waals surface area (Å²) >= 11 is 3.37. The number of methoxy groups -OCH3 is 1. The SMILES string of the molecule is COCCNC(=O)c1oc2c(c1C)/C(=N/NC(=O)c1ccccc1Br)CCC2. The molecular weight excluding hydrogens is 426 g/mol. The van der Waals surface area contributed by atoms with Crippen LogP contribution in [0.1, 0.15) is 50.6 Å². The van der Waals surface area contributed by atoms with Crippen molar-refractivity contribution in [2.24, 2.45) is 5.10 Å². The number of nitrogens with zero attached hydrogens (tertiary/aromatic N) is 1. The van der Waals surface area contributed by atoms with Crippen LogP contribution in [0.5, 0.6) is 0 Å². The van der Waals surface area contributed by atoms with E-state index in [2.05, 4.69) is 31.8 Å². The highest BCUT2D eigenvalue weighted by Gasteiger charge is 2.28. The molecule has 2 aromatic rings. The molecule has 7 nitrogen and oxygen atoms in total. The molecule has 1 aromatic carbocycles. The van der Waals surface area contributed by atoms with E-state index < -0.39 is 0 Å². The normalized spacial score (nSPS) is 14.6. The Labute approximate surface area is 171 Å². The summed E-state index contributed by atoms with van der Waals surface area (Å²) in [6, 6.07) is 7.15. The topological polar surface area (TPSA) is 92.9 Å². The van der Waals surface area contributed by atoms with E-state index in [1.54, 1.807) is 25.3 Å². The highest BCUT2D eigenvalue weighted by molar-refractivity contribution is 9.10. The van der Waals surface area contributed by atoms with Gasteiger partial charge in [-0.3, -0.25) is 9.59 Å². The molecule has 0 unspecified atom stereocenters. The summed E-state index contributed by atoms with van der Waals surface area (Å²) in [6.45, 7) is 2.67. The van der Waals surface area contributed by atoms with Crippen molar-refractivity contribution >= 4 is 33.5 Å². The van der Waals surface area contributed by atoms with Gasteiger partial charge in [-0.1, -0.05) is 12.1 Å². The molecule has 0 saturated heterocycles. The van der Waals surface area contributed by atoms with Gasteiger partial charge in [0, 0.05) is 35.7 Å². The zero-order valence-electron chi connectivity index (χ0n) is 15.8. The molecule has 0 radical (unpaired) electrons. The molecule has 1 aromatic heterocycles. The Morgan fingerprint density at radius 1 is 1.25 bits per heavy atom. The monoisotopic (exact) mass is 447 g/mol. The van der Waals surface area contributed by atoms with Crippen LogP contribution in [0.3, 0.4) is 0 Å². The largest absolute Gasteiger partial charge is 0.455 e. The molecule has 1 aliphatic rings. The van der Waals surface area contributed by atoms with Gasteiger partial charge in [-0.15, -0.1) is 0 Å². The number of amides is 2. The molecule has 2 amide bonds. The number of carbonyl (C=O) groups excluding carboxylic acids is 2. The second kappa shape index (κ2) is 9.16. The fourth-order valence-electron chi connectivity index (χ4n) is 3.17. The van der Waals surface area contributed by atoms with Gasteiger partial charge in [-0.2, -0.15) is 5.10 Å². The third-order valence-electron chi connectivity index (χ3n) is 4.53. The van der Waals surface area contributed by atoms with Crippen LogP contribution in [0.25, 0.3) is 0 Å². The lowest BCUT2D eigenvalue weighted by Crippen LogP contribution is -2.27. The molecule has 28 heavy (non-hydrogen) atoms. The smallest absolute Gasteiger partial charge is 0.287 e. The fourth-order valence-corrected chi connectivity index (χ4v) is 3.63. The zero-order valence-corrected chi connectivity index (χ0v) is 17.4. The minimum Gasteiger partial charge on any atom is -0.455 e. The summed E-state index contributed by atoms with van der Waals surface area (Å²) in [7, 11) is 1.58. The summed E-state index contributed by atoms with van der Waals surface area (Å²) in [4.78, 5) is 24.8. The van der Waals surface area contributed by atoms with Crippen LogP contribution in [0.4, 0.5) is 0 Å². The van der Waals surface area contributed by atoms with E-state index >= 15 is 0 Å². The van der Waals surface area contributed by atoms with E-state index in [9.17, 15) is 9.59 Å². The van der Waals surface area contributed by atoms with Crippen molar-refractivity contribution in [3.8, 4) is 0 Å². The number of benzene rings is 1. The highest BCUT2D eigenvalue weighted by Crippen LogP contribution is 2.30. The molecule has 0 spiro atoms. The number of furan rings is 1. The second-order valence-electron chi connectivity index (χ2n) is 6.44. The Hall–Kier alpha value is -2.45. The summed E-state index contributed by atoms with van der Waals surface area (Å²) in [5.74, 6) is 0.439. The van der Waals surface area contributed by atoms with Gasteiger partial charge in [-0.25, -0.2) is 5.43 Å². The van der Waals surface area contributed by atoms with Crippen LogP contribution in [0, 0.1) is 6.92 Å². The number of ether oxygens (including phenoxy) is 1. The number of hydrogen-bond acceptors (Lipinski definition) is 5. The highest BCUT2D eigenvalue weighted by atomic mass is 79.9. The van der Waals surface area contributed by atoms with Gasteiger partial charge in [0.05, 0.1) is 17.9 Å². The number of rotatable bonds is 6. The third-order valence-corrected chi connectivity index (χ3v) is 5.23. The van der Waals surface area contributed by atoms with Crippen molar-refractivity contribution < 1.29 is 18.7 Å². The number of halogens is 1. The van der Waals surface area contributed by atoms with Crippen molar-refractivity contribution in [3.05, 3.63) is 56.9 Å². The van der Waals surface area contributed by atoms with Crippen molar-refractivity contribution in [2.45, 2.75) is 26.2 Å². The molecule has 0 bridgehead atoms. The first-order chi connectivity index (χ1) is 13.5. The molecule has 1 aliphatic carbocycles. The Kier molecular flexibility index (Phi) is 6.64. The average molecular weight is 448 g/mol. The predicted octanol–water partition coefficient (Wildman–Crippen LogP) is 3.20. The lowest BCUT2D eigenvalue weighted by molar-refractivity contribution is 0.0906. The van der Waals surface area contributed by atoms with Gasteiger partial charge in [0.2, 0.25) is 0 Å². The molecule has 0 fully saturated rings. The number of hydrogen-bond donors (Lipinski definition) is 2. The fraction of sp³-hybridized carbons (Fsp3) is 0.350. The molecule has 0 atom stereocenters. The molecule has 8 heteroatoms. The van der Waals surface area contributed by atoms with E-state index in [1.807, 2.05) is 13.0 Å². The predicted molar refractivity (Wildman–Crippen MR) is 109 cm³/mol. The first kappa shape index (κ1) is 20.3. The van der Waals surface area contributed by atoms with Crippen LogP contribution in [0.2, 0.25) is 0 Å². The lowest BCUT2D eigenvalue weighted by Gasteiger charge is -2.13. The van der Waals surface area contributed by atoms with E-state index in [0.29, 0.717) is 29.6 Å². The molecule has 2 N–H and O–H groups in total. The number of nitrogens with one attached hydrogen (secondary N) is 2. The maximum absolute atomic E-state index is 12.4. The summed E-state index contributed by atoms with van der Waals surface area (Å²) in [5, 5.41) is 7.11. The molecule has 1 heterocycles.